The molecular formula is C49H62B3BrN4O8. The summed E-state index contributed by atoms with van der Waals surface area (Å²) in [5, 5.41) is 6.31. The van der Waals surface area contributed by atoms with Gasteiger partial charge in [0.25, 0.3) is 12.0 Å². The first kappa shape index (κ1) is 49.8. The number of nitrogens with one attached hydrogen (secondary N) is 2. The van der Waals surface area contributed by atoms with Crippen molar-refractivity contribution < 1.29 is 36.8 Å². The monoisotopic (exact) mass is 946 g/mol. The Morgan fingerprint density at radius 3 is 1.11 bits per heavy atom. The van der Waals surface area contributed by atoms with E-state index in [9.17, 15) is 0 Å². The Morgan fingerprint density at radius 1 is 0.431 bits per heavy atom. The van der Waals surface area contributed by atoms with Crippen LogP contribution in [0, 0.1) is 0 Å². The van der Waals surface area contributed by atoms with Gasteiger partial charge in [0, 0.05) is 27.0 Å². The first-order valence-corrected chi connectivity index (χ1v) is 22.3. The standard InChI is InChI=1S/C21H23BN2O3.C15H11BrN2O.C12H24B2O4.CH4/c1-20(2)21(3,4)27-22(26-20)16-10-12-17(13-11-16)24-19-23-14-18(25-19)15-8-6-5-7-9-15;16-12-6-8-13(9-7-12)18-15-17-10-14(19-15)11-4-2-1-3-5-11;1-9(2)10(3,4)16-13(15-9)14-17-11(5,6)12(7,8)18-14;/h5-14H,1-4H3,(H,23,24);1-10H,(H,17,18);1-8H3;1H4. The van der Waals surface area contributed by atoms with Gasteiger partial charge in [-0.3, -0.25) is 0 Å². The van der Waals surface area contributed by atoms with E-state index in [0.29, 0.717) is 12.0 Å². The lowest BCUT2D eigenvalue weighted by Gasteiger charge is -2.32. The van der Waals surface area contributed by atoms with Crippen molar-refractivity contribution in [1.29, 1.82) is 0 Å². The fourth-order valence-corrected chi connectivity index (χ4v) is 6.88. The SMILES string of the molecule is Brc1ccc(Nc2ncc(-c3ccccc3)o2)cc1.C.CC1(C)OB(B2OC(C)(C)C(C)(C)O2)OC1(C)C.CC1(C)OB(c2ccc(Nc3ncc(-c4ccccc4)o3)cc2)OC1(C)C. The van der Waals surface area contributed by atoms with Gasteiger partial charge in [-0.1, -0.05) is 96.2 Å². The van der Waals surface area contributed by atoms with E-state index in [4.69, 9.17) is 36.8 Å². The third-order valence-electron chi connectivity index (χ3n) is 12.7. The molecule has 3 fully saturated rings. The minimum Gasteiger partial charge on any atom is -0.423 e. The van der Waals surface area contributed by atoms with Gasteiger partial charge in [0.1, 0.15) is 0 Å². The van der Waals surface area contributed by atoms with E-state index >= 15 is 0 Å². The fraction of sp³-hybridized carbons (Fsp3) is 0.388. The van der Waals surface area contributed by atoms with Crippen LogP contribution in [0.2, 0.25) is 0 Å². The third kappa shape index (κ3) is 11.5. The maximum Gasteiger partial charge on any atom is 0.494 e. The second-order valence-electron chi connectivity index (χ2n) is 19.0. The Kier molecular flexibility index (Phi) is 14.8. The van der Waals surface area contributed by atoms with E-state index in [1.807, 2.05) is 165 Å². The normalized spacial score (nSPS) is 19.3. The molecule has 3 aliphatic heterocycles. The van der Waals surface area contributed by atoms with Crippen LogP contribution in [0.4, 0.5) is 23.4 Å². The summed E-state index contributed by atoms with van der Waals surface area (Å²) >= 11 is 3.40. The fourth-order valence-electron chi connectivity index (χ4n) is 6.62. The smallest absolute Gasteiger partial charge is 0.423 e. The Morgan fingerprint density at radius 2 is 0.754 bits per heavy atom. The van der Waals surface area contributed by atoms with Crippen LogP contribution in [0.25, 0.3) is 22.6 Å². The molecule has 3 saturated heterocycles. The maximum absolute atomic E-state index is 6.09. The lowest BCUT2D eigenvalue weighted by atomic mass is 9.49. The Bertz CT molecular complexity index is 2380. The predicted molar refractivity (Wildman–Crippen MR) is 266 cm³/mol. The Balaban J connectivity index is 0.000000165. The van der Waals surface area contributed by atoms with Crippen molar-refractivity contribution in [2.24, 2.45) is 0 Å². The third-order valence-corrected chi connectivity index (χ3v) is 13.2. The first-order chi connectivity index (χ1) is 30.0. The zero-order valence-corrected chi connectivity index (χ0v) is 40.4. The number of rotatable bonds is 8. The summed E-state index contributed by atoms with van der Waals surface area (Å²) in [6, 6.07) is 36.5. The molecular weight excluding hydrogens is 885 g/mol. The van der Waals surface area contributed by atoms with Crippen molar-refractivity contribution in [3.63, 3.8) is 0 Å². The average Bonchev–Trinajstić information content (AvgIpc) is 4.04. The second kappa shape index (κ2) is 19.3. The highest BCUT2D eigenvalue weighted by Gasteiger charge is 2.63. The molecule has 6 aromatic rings. The number of benzene rings is 4. The number of anilines is 4. The molecule has 0 unspecified atom stereocenters. The van der Waals surface area contributed by atoms with Gasteiger partial charge in [-0.25, -0.2) is 9.97 Å². The van der Waals surface area contributed by atoms with Crippen LogP contribution < -0.4 is 16.1 Å². The van der Waals surface area contributed by atoms with E-state index in [-0.39, 0.29) is 48.2 Å². The summed E-state index contributed by atoms with van der Waals surface area (Å²) in [5.74, 6) is 1.48. The number of oxazole rings is 2. The van der Waals surface area contributed by atoms with E-state index in [0.717, 1.165) is 44.0 Å². The zero-order chi connectivity index (χ0) is 46.1. The number of hydrogen-bond acceptors (Lipinski definition) is 12. The molecule has 2 aromatic heterocycles. The quantitative estimate of drug-likeness (QED) is 0.141. The van der Waals surface area contributed by atoms with Crippen molar-refractivity contribution in [3.8, 4) is 22.6 Å². The summed E-state index contributed by atoms with van der Waals surface area (Å²) in [5.41, 5.74) is 2.68. The minimum absolute atomic E-state index is 0. The van der Waals surface area contributed by atoms with Gasteiger partial charge in [-0.05, 0) is 125 Å². The summed E-state index contributed by atoms with van der Waals surface area (Å²) in [6.45, 7) is 24.4. The van der Waals surface area contributed by atoms with Gasteiger partial charge in [-0.2, -0.15) is 0 Å². The van der Waals surface area contributed by atoms with Crippen molar-refractivity contribution in [1.82, 2.24) is 9.97 Å². The molecule has 9 rings (SSSR count). The highest BCUT2D eigenvalue weighted by atomic mass is 79.9. The van der Waals surface area contributed by atoms with Gasteiger partial charge < -0.3 is 47.4 Å². The Hall–Kier alpha value is -4.67. The Labute approximate surface area is 394 Å². The molecule has 342 valence electrons. The number of aromatic nitrogens is 2. The molecule has 0 atom stereocenters. The molecule has 2 N–H and O–H groups in total. The molecule has 16 heteroatoms. The highest BCUT2D eigenvalue weighted by molar-refractivity contribution is 9.10. The van der Waals surface area contributed by atoms with E-state index < -0.39 is 14.0 Å². The average molecular weight is 947 g/mol. The van der Waals surface area contributed by atoms with Crippen molar-refractivity contribution >= 4 is 65.9 Å². The molecule has 0 amide bonds. The van der Waals surface area contributed by atoms with Crippen LogP contribution in [0.15, 0.2) is 135 Å². The molecule has 5 heterocycles. The van der Waals surface area contributed by atoms with Crippen LogP contribution in [0.3, 0.4) is 0 Å². The van der Waals surface area contributed by atoms with E-state index in [1.165, 1.54) is 0 Å². The predicted octanol–water partition coefficient (Wildman–Crippen LogP) is 12.1. The van der Waals surface area contributed by atoms with Gasteiger partial charge in [0.15, 0.2) is 11.5 Å². The van der Waals surface area contributed by atoms with E-state index in [1.54, 1.807) is 12.4 Å². The molecule has 0 saturated carbocycles. The second-order valence-corrected chi connectivity index (χ2v) is 19.9. The van der Waals surface area contributed by atoms with E-state index in [2.05, 4.69) is 64.2 Å². The summed E-state index contributed by atoms with van der Waals surface area (Å²) in [6.07, 6.45) is 3.44. The van der Waals surface area contributed by atoms with Crippen LogP contribution in [-0.2, 0) is 27.9 Å². The van der Waals surface area contributed by atoms with Gasteiger partial charge in [-0.15, -0.1) is 0 Å². The van der Waals surface area contributed by atoms with Crippen molar-refractivity contribution in [3.05, 3.63) is 126 Å². The molecule has 0 bridgehead atoms. The molecule has 12 nitrogen and oxygen atoms in total. The number of halogens is 1. The van der Waals surface area contributed by atoms with Crippen LogP contribution in [0.1, 0.15) is 90.5 Å². The van der Waals surface area contributed by atoms with Crippen LogP contribution >= 0.6 is 15.9 Å². The number of hydrogen-bond donors (Lipinski definition) is 2. The molecule has 4 aromatic carbocycles. The lowest BCUT2D eigenvalue weighted by Crippen LogP contribution is -2.41. The van der Waals surface area contributed by atoms with Crippen molar-refractivity contribution in [2.45, 2.75) is 124 Å². The van der Waals surface area contributed by atoms with Gasteiger partial charge in [0.05, 0.1) is 46.0 Å². The maximum atomic E-state index is 6.09. The minimum atomic E-state index is -0.476. The molecule has 3 aliphatic rings. The molecule has 0 aliphatic carbocycles. The number of nitrogens with zero attached hydrogens (tertiary/aromatic N) is 2. The molecule has 0 spiro atoms. The summed E-state index contributed by atoms with van der Waals surface area (Å²) < 4.78 is 48.5. The van der Waals surface area contributed by atoms with Crippen LogP contribution in [-0.4, -0.2) is 64.7 Å². The molecule has 0 radical (unpaired) electrons. The summed E-state index contributed by atoms with van der Waals surface area (Å²) in [4.78, 5) is 8.52. The topological polar surface area (TPSA) is 132 Å². The van der Waals surface area contributed by atoms with Gasteiger partial charge >= 0.3 is 21.1 Å². The highest BCUT2D eigenvalue weighted by Crippen LogP contribution is 2.43. The lowest BCUT2D eigenvalue weighted by molar-refractivity contribution is 0.00578. The summed E-state index contributed by atoms with van der Waals surface area (Å²) in [7, 11) is -1.32. The van der Waals surface area contributed by atoms with Crippen molar-refractivity contribution in [2.75, 3.05) is 10.6 Å². The largest absolute Gasteiger partial charge is 0.494 e. The van der Waals surface area contributed by atoms with Gasteiger partial charge in [0.2, 0.25) is 0 Å². The first-order valence-electron chi connectivity index (χ1n) is 21.5. The molecule has 65 heavy (non-hydrogen) atoms. The zero-order valence-electron chi connectivity index (χ0n) is 38.8. The van der Waals surface area contributed by atoms with Crippen LogP contribution in [0.5, 0.6) is 0 Å².